The molecule has 1 aromatic rings. The van der Waals surface area contributed by atoms with Crippen molar-refractivity contribution in [3.63, 3.8) is 0 Å². The van der Waals surface area contributed by atoms with Crippen LogP contribution in [-0.2, 0) is 16.0 Å². The molecule has 4 nitrogen and oxygen atoms in total. The van der Waals surface area contributed by atoms with Crippen molar-refractivity contribution < 1.29 is 9.47 Å². The summed E-state index contributed by atoms with van der Waals surface area (Å²) in [4.78, 5) is 3.85. The normalized spacial score (nSPS) is 10.6. The van der Waals surface area contributed by atoms with Gasteiger partial charge < -0.3 is 14.0 Å². The van der Waals surface area contributed by atoms with Crippen molar-refractivity contribution in [1.82, 2.24) is 9.55 Å². The van der Waals surface area contributed by atoms with Crippen LogP contribution in [0.15, 0.2) is 12.5 Å². The van der Waals surface area contributed by atoms with Crippen LogP contribution in [0.25, 0.3) is 0 Å². The molecule has 0 aliphatic rings. The molecule has 0 unspecified atom stereocenters. The lowest BCUT2D eigenvalue weighted by molar-refractivity contribution is 0.0684. The zero-order valence-corrected chi connectivity index (χ0v) is 8.61. The molecule has 0 saturated heterocycles. The van der Waals surface area contributed by atoms with Gasteiger partial charge in [0, 0.05) is 26.5 Å². The number of ether oxygens (including phenoxy) is 2. The first-order valence-electron chi connectivity index (χ1n) is 4.88. The number of hydrogen-bond donors (Lipinski definition) is 0. The molecular weight excluding hydrogens is 180 g/mol. The van der Waals surface area contributed by atoms with Gasteiger partial charge in [0.2, 0.25) is 0 Å². The highest BCUT2D eigenvalue weighted by Gasteiger charge is 1.91. The van der Waals surface area contributed by atoms with Gasteiger partial charge in [0.1, 0.15) is 6.20 Å². The number of methoxy groups -OCH3 is 1. The number of aryl methyl sites for hydroxylation is 1. The lowest BCUT2D eigenvalue weighted by Gasteiger charge is -2.03. The summed E-state index contributed by atoms with van der Waals surface area (Å²) in [5.74, 6) is 0. The molecule has 0 fully saturated rings. The average Bonchev–Trinajstić information content (AvgIpc) is 2.69. The quantitative estimate of drug-likeness (QED) is 0.586. The second-order valence-electron chi connectivity index (χ2n) is 3.05. The number of imidazole rings is 1. The van der Waals surface area contributed by atoms with Gasteiger partial charge in [-0.2, -0.15) is 0 Å². The van der Waals surface area contributed by atoms with Crippen molar-refractivity contribution in [2.45, 2.75) is 19.4 Å². The molecule has 1 radical (unpaired) electrons. The maximum atomic E-state index is 5.34. The lowest BCUT2D eigenvalue weighted by Crippen LogP contribution is -2.04. The van der Waals surface area contributed by atoms with Gasteiger partial charge in [0.25, 0.3) is 0 Å². The standard InChI is InChI=1S/C10H17N2O2/c1-13-8-9-14-7-3-2-5-12-6-4-11-10-12/h6,10H,2-3,5,7-9H2,1H3. The number of aromatic nitrogens is 2. The third-order valence-electron chi connectivity index (χ3n) is 1.89. The van der Waals surface area contributed by atoms with Gasteiger partial charge in [0.05, 0.1) is 19.5 Å². The van der Waals surface area contributed by atoms with Crippen LogP contribution in [0.1, 0.15) is 12.8 Å². The third kappa shape index (κ3) is 4.99. The Hall–Kier alpha value is -0.870. The largest absolute Gasteiger partial charge is 0.382 e. The van der Waals surface area contributed by atoms with Crippen LogP contribution in [0.2, 0.25) is 0 Å². The van der Waals surface area contributed by atoms with Crippen molar-refractivity contribution >= 4 is 0 Å². The lowest BCUT2D eigenvalue weighted by atomic mass is 10.3. The van der Waals surface area contributed by atoms with Gasteiger partial charge in [-0.3, -0.25) is 0 Å². The summed E-state index contributed by atoms with van der Waals surface area (Å²) in [6.45, 7) is 3.16. The maximum Gasteiger partial charge on any atom is 0.108 e. The second kappa shape index (κ2) is 7.53. The highest BCUT2D eigenvalue weighted by Crippen LogP contribution is 1.95. The van der Waals surface area contributed by atoms with Gasteiger partial charge in [0.15, 0.2) is 0 Å². The Morgan fingerprint density at radius 1 is 1.29 bits per heavy atom. The first-order chi connectivity index (χ1) is 6.93. The van der Waals surface area contributed by atoms with Crippen LogP contribution in [0.5, 0.6) is 0 Å². The van der Waals surface area contributed by atoms with Crippen LogP contribution in [0.4, 0.5) is 0 Å². The molecule has 1 heterocycles. The minimum Gasteiger partial charge on any atom is -0.382 e. The molecule has 1 aromatic heterocycles. The van der Waals surface area contributed by atoms with E-state index in [0.717, 1.165) is 26.0 Å². The predicted octanol–water partition coefficient (Wildman–Crippen LogP) is 1.13. The zero-order valence-electron chi connectivity index (χ0n) is 8.61. The van der Waals surface area contributed by atoms with Crippen molar-refractivity contribution in [3.05, 3.63) is 18.7 Å². The van der Waals surface area contributed by atoms with Gasteiger partial charge in [-0.1, -0.05) is 0 Å². The van der Waals surface area contributed by atoms with Crippen molar-refractivity contribution in [2.24, 2.45) is 0 Å². The van der Waals surface area contributed by atoms with Gasteiger partial charge in [-0.15, -0.1) is 0 Å². The predicted molar refractivity (Wildman–Crippen MR) is 53.0 cm³/mol. The number of rotatable bonds is 8. The van der Waals surface area contributed by atoms with E-state index >= 15 is 0 Å². The molecule has 4 heteroatoms. The van der Waals surface area contributed by atoms with Crippen LogP contribution >= 0.6 is 0 Å². The van der Waals surface area contributed by atoms with Crippen molar-refractivity contribution in [2.75, 3.05) is 26.9 Å². The highest BCUT2D eigenvalue weighted by molar-refractivity contribution is 4.71. The van der Waals surface area contributed by atoms with E-state index in [1.54, 1.807) is 13.4 Å². The van der Waals surface area contributed by atoms with E-state index in [1.807, 2.05) is 10.8 Å². The fourth-order valence-electron chi connectivity index (χ4n) is 1.11. The summed E-state index contributed by atoms with van der Waals surface area (Å²) >= 11 is 0. The summed E-state index contributed by atoms with van der Waals surface area (Å²) in [6, 6.07) is 0. The second-order valence-corrected chi connectivity index (χ2v) is 3.05. The van der Waals surface area contributed by atoms with E-state index in [9.17, 15) is 0 Å². The molecule has 0 atom stereocenters. The van der Waals surface area contributed by atoms with Crippen molar-refractivity contribution in [1.29, 1.82) is 0 Å². The number of nitrogens with zero attached hydrogens (tertiary/aromatic N) is 2. The zero-order chi connectivity index (χ0) is 10.1. The molecule has 0 amide bonds. The summed E-state index contributed by atoms with van der Waals surface area (Å²) in [6.07, 6.45) is 8.58. The first-order valence-corrected chi connectivity index (χ1v) is 4.88. The summed E-state index contributed by atoms with van der Waals surface area (Å²) in [5, 5.41) is 0. The Balaban J connectivity index is 1.85. The molecule has 0 spiro atoms. The SMILES string of the molecule is COCCOCCCCn1c[c]nc1. The third-order valence-corrected chi connectivity index (χ3v) is 1.89. The Labute approximate surface area is 84.9 Å². The molecular formula is C10H17N2O2. The first kappa shape index (κ1) is 11.2. The Morgan fingerprint density at radius 3 is 2.93 bits per heavy atom. The van der Waals surface area contributed by atoms with Gasteiger partial charge >= 0.3 is 0 Å². The Bertz CT molecular complexity index is 212. The average molecular weight is 197 g/mol. The molecule has 0 aliphatic heterocycles. The van der Waals surface area contributed by atoms with Crippen LogP contribution in [0, 0.1) is 6.20 Å². The highest BCUT2D eigenvalue weighted by atomic mass is 16.5. The van der Waals surface area contributed by atoms with Crippen LogP contribution in [-0.4, -0.2) is 36.5 Å². The fourth-order valence-corrected chi connectivity index (χ4v) is 1.11. The smallest absolute Gasteiger partial charge is 0.108 e. The van der Waals surface area contributed by atoms with Gasteiger partial charge in [-0.05, 0) is 12.8 Å². The minimum absolute atomic E-state index is 0.677. The fraction of sp³-hybridized carbons (Fsp3) is 0.700. The molecule has 14 heavy (non-hydrogen) atoms. The monoisotopic (exact) mass is 197 g/mol. The number of hydrogen-bond acceptors (Lipinski definition) is 3. The van der Waals surface area contributed by atoms with Crippen molar-refractivity contribution in [3.8, 4) is 0 Å². The summed E-state index contributed by atoms with van der Waals surface area (Å²) in [5.41, 5.74) is 0. The van der Waals surface area contributed by atoms with E-state index < -0.39 is 0 Å². The summed E-state index contributed by atoms with van der Waals surface area (Å²) < 4.78 is 12.2. The molecule has 0 aliphatic carbocycles. The maximum absolute atomic E-state index is 5.34. The minimum atomic E-state index is 0.677. The molecule has 0 bridgehead atoms. The van der Waals surface area contributed by atoms with E-state index in [2.05, 4.69) is 11.2 Å². The molecule has 0 N–H and O–H groups in total. The Morgan fingerprint density at radius 2 is 2.21 bits per heavy atom. The Kier molecular flexibility index (Phi) is 6.02. The molecule has 79 valence electrons. The summed E-state index contributed by atoms with van der Waals surface area (Å²) in [7, 11) is 1.68. The number of unbranched alkanes of at least 4 members (excludes halogenated alkanes) is 1. The van der Waals surface area contributed by atoms with E-state index in [4.69, 9.17) is 9.47 Å². The molecule has 0 saturated carbocycles. The van der Waals surface area contributed by atoms with E-state index in [0.29, 0.717) is 13.2 Å². The van der Waals surface area contributed by atoms with Crippen LogP contribution in [0.3, 0.4) is 0 Å². The molecule has 0 aromatic carbocycles. The van der Waals surface area contributed by atoms with Crippen LogP contribution < -0.4 is 0 Å². The van der Waals surface area contributed by atoms with Gasteiger partial charge in [-0.25, -0.2) is 4.98 Å². The van der Waals surface area contributed by atoms with E-state index in [-0.39, 0.29) is 0 Å². The van der Waals surface area contributed by atoms with E-state index in [1.165, 1.54) is 0 Å². The molecule has 1 rings (SSSR count). The topological polar surface area (TPSA) is 36.3 Å².